The number of hydrogen-bond donors (Lipinski definition) is 0. The first-order valence-corrected chi connectivity index (χ1v) is 7.71. The number of carbonyl (C=O) groups excluding carboxylic acids is 1. The Labute approximate surface area is 139 Å². The molecule has 2 rings (SSSR count). The van der Waals surface area contributed by atoms with Gasteiger partial charge >= 0.3 is 6.09 Å². The number of ether oxygens (including phenoxy) is 1. The topological polar surface area (TPSA) is 81.4 Å². The second-order valence-electron chi connectivity index (χ2n) is 6.19. The molecule has 8 heteroatoms. The van der Waals surface area contributed by atoms with Gasteiger partial charge in [0, 0.05) is 19.5 Å². The van der Waals surface area contributed by atoms with Crippen LogP contribution in [0.25, 0.3) is 11.6 Å². The molecule has 0 aliphatic rings. The Morgan fingerprint density at radius 1 is 1.38 bits per heavy atom. The van der Waals surface area contributed by atoms with Crippen LogP contribution in [-0.4, -0.2) is 44.8 Å². The van der Waals surface area contributed by atoms with Crippen LogP contribution in [0.1, 0.15) is 33.5 Å². The van der Waals surface area contributed by atoms with E-state index in [4.69, 9.17) is 9.26 Å². The first-order valence-electron chi connectivity index (χ1n) is 7.71. The Morgan fingerprint density at radius 2 is 2.12 bits per heavy atom. The van der Waals surface area contributed by atoms with Crippen molar-refractivity contribution in [3.05, 3.63) is 30.0 Å². The van der Waals surface area contributed by atoms with E-state index in [2.05, 4.69) is 15.1 Å². The molecule has 0 bridgehead atoms. The van der Waals surface area contributed by atoms with E-state index in [1.54, 1.807) is 4.90 Å². The van der Waals surface area contributed by atoms with E-state index in [-0.39, 0.29) is 12.0 Å². The van der Waals surface area contributed by atoms with E-state index in [1.807, 2.05) is 27.7 Å². The van der Waals surface area contributed by atoms with Crippen LogP contribution in [-0.2, 0) is 11.2 Å². The highest BCUT2D eigenvalue weighted by molar-refractivity contribution is 5.68. The molecule has 2 heterocycles. The van der Waals surface area contributed by atoms with Gasteiger partial charge in [-0.25, -0.2) is 14.2 Å². The molecule has 1 amide bonds. The van der Waals surface area contributed by atoms with E-state index in [9.17, 15) is 9.18 Å². The minimum Gasteiger partial charge on any atom is -0.444 e. The van der Waals surface area contributed by atoms with Gasteiger partial charge in [0.25, 0.3) is 5.89 Å². The lowest BCUT2D eigenvalue weighted by atomic mass is 10.2. The molecule has 0 fully saturated rings. The summed E-state index contributed by atoms with van der Waals surface area (Å²) in [7, 11) is 0. The fourth-order valence-corrected chi connectivity index (χ4v) is 1.90. The molecule has 0 spiro atoms. The molecule has 0 aliphatic carbocycles. The lowest BCUT2D eigenvalue weighted by molar-refractivity contribution is 0.0261. The number of amides is 1. The van der Waals surface area contributed by atoms with Gasteiger partial charge in [0.2, 0.25) is 0 Å². The first kappa shape index (κ1) is 17.8. The van der Waals surface area contributed by atoms with Gasteiger partial charge in [-0.05, 0) is 39.8 Å². The summed E-state index contributed by atoms with van der Waals surface area (Å²) in [4.78, 5) is 21.7. The summed E-state index contributed by atoms with van der Waals surface area (Å²) in [6, 6.07) is 2.74. The smallest absolute Gasteiger partial charge is 0.410 e. The van der Waals surface area contributed by atoms with E-state index in [1.165, 1.54) is 12.1 Å². The molecule has 0 aliphatic heterocycles. The molecule has 0 atom stereocenters. The third kappa shape index (κ3) is 5.00. The molecular weight excluding hydrogens is 315 g/mol. The van der Waals surface area contributed by atoms with Crippen molar-refractivity contribution in [3.63, 3.8) is 0 Å². The molecule has 2 aromatic rings. The number of halogens is 1. The molecule has 0 aromatic carbocycles. The minimum atomic E-state index is -0.544. The molecule has 0 N–H and O–H groups in total. The van der Waals surface area contributed by atoms with Crippen LogP contribution in [0.4, 0.5) is 9.18 Å². The summed E-state index contributed by atoms with van der Waals surface area (Å²) in [6.45, 7) is 8.24. The average molecular weight is 336 g/mol. The number of hydrogen-bond acceptors (Lipinski definition) is 6. The van der Waals surface area contributed by atoms with Gasteiger partial charge in [0.15, 0.2) is 5.82 Å². The Bertz CT molecular complexity index is 679. The van der Waals surface area contributed by atoms with Gasteiger partial charge in [-0.1, -0.05) is 5.16 Å². The van der Waals surface area contributed by atoms with E-state index >= 15 is 0 Å². The lowest BCUT2D eigenvalue weighted by Crippen LogP contribution is -2.37. The number of rotatable bonds is 5. The number of likely N-dealkylation sites (N-methyl/N-ethyl adjacent to an activating group) is 1. The molecule has 130 valence electrons. The quantitative estimate of drug-likeness (QED) is 0.834. The monoisotopic (exact) mass is 336 g/mol. The van der Waals surface area contributed by atoms with Crippen molar-refractivity contribution in [2.45, 2.75) is 39.7 Å². The van der Waals surface area contributed by atoms with Crippen molar-refractivity contribution >= 4 is 6.09 Å². The average Bonchev–Trinajstić information content (AvgIpc) is 2.95. The predicted molar refractivity (Wildman–Crippen MR) is 84.7 cm³/mol. The number of carbonyl (C=O) groups is 1. The van der Waals surface area contributed by atoms with Crippen LogP contribution >= 0.6 is 0 Å². The molecule has 0 unspecified atom stereocenters. The maximum Gasteiger partial charge on any atom is 0.410 e. The van der Waals surface area contributed by atoms with Gasteiger partial charge in [0.1, 0.15) is 17.1 Å². The highest BCUT2D eigenvalue weighted by Crippen LogP contribution is 2.15. The van der Waals surface area contributed by atoms with E-state index in [0.717, 1.165) is 6.20 Å². The number of nitrogens with zero attached hydrogens (tertiary/aromatic N) is 4. The first-order chi connectivity index (χ1) is 11.3. The van der Waals surface area contributed by atoms with Crippen LogP contribution in [0.15, 0.2) is 22.9 Å². The van der Waals surface area contributed by atoms with Crippen LogP contribution in [0, 0.1) is 5.82 Å². The zero-order chi connectivity index (χ0) is 17.7. The molecule has 0 saturated heterocycles. The van der Waals surface area contributed by atoms with Crippen molar-refractivity contribution in [1.82, 2.24) is 20.0 Å². The normalized spacial score (nSPS) is 11.4. The fourth-order valence-electron chi connectivity index (χ4n) is 1.90. The van der Waals surface area contributed by atoms with Crippen LogP contribution in [0.5, 0.6) is 0 Å². The summed E-state index contributed by atoms with van der Waals surface area (Å²) in [5, 5.41) is 3.86. The van der Waals surface area contributed by atoms with E-state index in [0.29, 0.717) is 31.0 Å². The van der Waals surface area contributed by atoms with Crippen molar-refractivity contribution in [3.8, 4) is 11.6 Å². The summed E-state index contributed by atoms with van der Waals surface area (Å²) in [5.41, 5.74) is -0.146. The molecule has 0 saturated carbocycles. The van der Waals surface area contributed by atoms with Crippen molar-refractivity contribution < 1.29 is 18.4 Å². The van der Waals surface area contributed by atoms with Crippen molar-refractivity contribution in [2.75, 3.05) is 13.1 Å². The zero-order valence-electron chi connectivity index (χ0n) is 14.2. The van der Waals surface area contributed by atoms with Gasteiger partial charge in [-0.3, -0.25) is 0 Å². The predicted octanol–water partition coefficient (Wildman–Crippen LogP) is 3.07. The van der Waals surface area contributed by atoms with Gasteiger partial charge < -0.3 is 14.2 Å². The van der Waals surface area contributed by atoms with E-state index < -0.39 is 11.4 Å². The summed E-state index contributed by atoms with van der Waals surface area (Å²) < 4.78 is 23.3. The third-order valence-corrected chi connectivity index (χ3v) is 3.05. The van der Waals surface area contributed by atoms with Crippen LogP contribution in [0.2, 0.25) is 0 Å². The Hall–Kier alpha value is -2.51. The highest BCUT2D eigenvalue weighted by Gasteiger charge is 2.21. The molecule has 24 heavy (non-hydrogen) atoms. The Kier molecular flexibility index (Phi) is 5.48. The maximum absolute atomic E-state index is 12.9. The van der Waals surface area contributed by atoms with Crippen molar-refractivity contribution in [2.24, 2.45) is 0 Å². The Balaban J connectivity index is 1.96. The third-order valence-electron chi connectivity index (χ3n) is 3.05. The second-order valence-corrected chi connectivity index (χ2v) is 6.19. The second kappa shape index (κ2) is 7.37. The maximum atomic E-state index is 12.9. The van der Waals surface area contributed by atoms with Crippen molar-refractivity contribution in [1.29, 1.82) is 0 Å². The van der Waals surface area contributed by atoms with Gasteiger partial charge in [-0.2, -0.15) is 4.98 Å². The molecule has 7 nitrogen and oxygen atoms in total. The highest BCUT2D eigenvalue weighted by atomic mass is 19.1. The lowest BCUT2D eigenvalue weighted by Gasteiger charge is -2.26. The Morgan fingerprint density at radius 3 is 2.71 bits per heavy atom. The zero-order valence-corrected chi connectivity index (χ0v) is 14.2. The summed E-state index contributed by atoms with van der Waals surface area (Å²) in [6.07, 6.45) is 1.12. The molecular formula is C16H21FN4O3. The molecule has 2 aromatic heterocycles. The SMILES string of the molecule is CCN(CCc1noc(-c2ccc(F)cn2)n1)C(=O)OC(C)(C)C. The van der Waals surface area contributed by atoms with Crippen LogP contribution < -0.4 is 0 Å². The van der Waals surface area contributed by atoms with Gasteiger partial charge in [-0.15, -0.1) is 0 Å². The fraction of sp³-hybridized carbons (Fsp3) is 0.500. The summed E-state index contributed by atoms with van der Waals surface area (Å²) >= 11 is 0. The largest absolute Gasteiger partial charge is 0.444 e. The number of aromatic nitrogens is 3. The van der Waals surface area contributed by atoms with Crippen LogP contribution in [0.3, 0.4) is 0 Å². The number of pyridine rings is 1. The standard InChI is InChI=1S/C16H21FN4O3/c1-5-21(15(22)23-16(2,3)4)9-8-13-19-14(24-20-13)12-7-6-11(17)10-18-12/h6-7,10H,5,8-9H2,1-4H3. The minimum absolute atomic E-state index is 0.213. The van der Waals surface area contributed by atoms with Gasteiger partial charge in [0.05, 0.1) is 6.20 Å². The summed E-state index contributed by atoms with van der Waals surface area (Å²) in [5.74, 6) is 0.220. The molecule has 0 radical (unpaired) electrons.